The Balaban J connectivity index is 0.00000544. The SMILES string of the molecule is CCOC(=O)N1CCC(NC(N)=NCc2ccc(OCCN(CC)CC)c(OC)c2)CC1.I. The number of guanidine groups is 1. The minimum atomic E-state index is -0.248. The van der Waals surface area contributed by atoms with Gasteiger partial charge in [0, 0.05) is 25.7 Å². The molecule has 10 heteroatoms. The zero-order chi connectivity index (χ0) is 23.3. The van der Waals surface area contributed by atoms with Crippen molar-refractivity contribution in [1.29, 1.82) is 0 Å². The lowest BCUT2D eigenvalue weighted by atomic mass is 10.1. The van der Waals surface area contributed by atoms with E-state index < -0.39 is 0 Å². The quantitative estimate of drug-likeness (QED) is 0.237. The number of benzene rings is 1. The van der Waals surface area contributed by atoms with Crippen LogP contribution in [0.15, 0.2) is 23.2 Å². The smallest absolute Gasteiger partial charge is 0.409 e. The summed E-state index contributed by atoms with van der Waals surface area (Å²) >= 11 is 0. The maximum atomic E-state index is 11.8. The van der Waals surface area contributed by atoms with Crippen molar-refractivity contribution < 1.29 is 19.0 Å². The van der Waals surface area contributed by atoms with Crippen LogP contribution >= 0.6 is 24.0 Å². The summed E-state index contributed by atoms with van der Waals surface area (Å²) in [6.45, 7) is 11.7. The first-order chi connectivity index (χ1) is 15.5. The van der Waals surface area contributed by atoms with Gasteiger partial charge in [0.25, 0.3) is 0 Å². The molecule has 0 spiro atoms. The number of ether oxygens (including phenoxy) is 3. The first kappa shape index (κ1) is 29.1. The minimum absolute atomic E-state index is 0. The fourth-order valence-electron chi connectivity index (χ4n) is 3.61. The summed E-state index contributed by atoms with van der Waals surface area (Å²) in [5.41, 5.74) is 7.07. The van der Waals surface area contributed by atoms with Crippen LogP contribution in [-0.2, 0) is 11.3 Å². The van der Waals surface area contributed by atoms with E-state index in [1.54, 1.807) is 12.0 Å². The topological polar surface area (TPSA) is 102 Å². The largest absolute Gasteiger partial charge is 0.493 e. The highest BCUT2D eigenvalue weighted by Crippen LogP contribution is 2.28. The molecule has 0 bridgehead atoms. The average Bonchev–Trinajstić information content (AvgIpc) is 2.81. The fraction of sp³-hybridized carbons (Fsp3) is 0.652. The van der Waals surface area contributed by atoms with Gasteiger partial charge in [0.1, 0.15) is 6.61 Å². The predicted molar refractivity (Wildman–Crippen MR) is 142 cm³/mol. The number of carbonyl (C=O) groups is 1. The van der Waals surface area contributed by atoms with Gasteiger partial charge in [-0.2, -0.15) is 0 Å². The molecule has 0 aliphatic carbocycles. The molecule has 1 heterocycles. The average molecular weight is 578 g/mol. The van der Waals surface area contributed by atoms with Gasteiger partial charge in [-0.15, -0.1) is 24.0 Å². The minimum Gasteiger partial charge on any atom is -0.493 e. The van der Waals surface area contributed by atoms with Gasteiger partial charge in [-0.25, -0.2) is 9.79 Å². The van der Waals surface area contributed by atoms with Crippen LogP contribution in [0.5, 0.6) is 11.5 Å². The van der Waals surface area contributed by atoms with Crippen LogP contribution in [0.1, 0.15) is 39.2 Å². The van der Waals surface area contributed by atoms with Crippen LogP contribution in [0.2, 0.25) is 0 Å². The normalized spacial score (nSPS) is 14.6. The number of nitrogens with one attached hydrogen (secondary N) is 1. The van der Waals surface area contributed by atoms with E-state index in [1.165, 1.54) is 0 Å². The number of rotatable bonds is 11. The number of methoxy groups -OCH3 is 1. The molecule has 0 saturated carbocycles. The standard InChI is InChI=1S/C23H39N5O4.HI/c1-5-27(6-2)14-15-32-20-9-8-18(16-21(20)30-4)17-25-22(24)26-19-10-12-28(13-11-19)23(29)31-7-3;/h8-9,16,19H,5-7,10-15,17H2,1-4H3,(H3,24,25,26);1H. The Labute approximate surface area is 215 Å². The number of amides is 1. The Morgan fingerprint density at radius 1 is 1.21 bits per heavy atom. The fourth-order valence-corrected chi connectivity index (χ4v) is 3.61. The van der Waals surface area contributed by atoms with Gasteiger partial charge in [0.2, 0.25) is 0 Å². The van der Waals surface area contributed by atoms with E-state index in [-0.39, 0.29) is 36.1 Å². The second-order valence-electron chi connectivity index (χ2n) is 7.67. The summed E-state index contributed by atoms with van der Waals surface area (Å²) in [5, 5.41) is 3.26. The van der Waals surface area contributed by atoms with E-state index in [0.717, 1.165) is 43.8 Å². The van der Waals surface area contributed by atoms with Gasteiger partial charge in [-0.05, 0) is 50.6 Å². The maximum absolute atomic E-state index is 11.8. The first-order valence-corrected chi connectivity index (χ1v) is 11.5. The Kier molecular flexibility index (Phi) is 13.9. The zero-order valence-corrected chi connectivity index (χ0v) is 22.7. The Hall–Kier alpha value is -1.95. The summed E-state index contributed by atoms with van der Waals surface area (Å²) in [4.78, 5) is 20.3. The molecular weight excluding hydrogens is 537 g/mol. The second kappa shape index (κ2) is 15.8. The molecule has 33 heavy (non-hydrogen) atoms. The van der Waals surface area contributed by atoms with Crippen molar-refractivity contribution >= 4 is 36.0 Å². The number of halogens is 1. The third-order valence-electron chi connectivity index (χ3n) is 5.59. The van der Waals surface area contributed by atoms with Crippen LogP contribution in [0.25, 0.3) is 0 Å². The lowest BCUT2D eigenvalue weighted by Crippen LogP contribution is -2.48. The van der Waals surface area contributed by atoms with Crippen LogP contribution in [-0.4, -0.2) is 80.9 Å². The molecule has 1 saturated heterocycles. The first-order valence-electron chi connectivity index (χ1n) is 11.5. The number of piperidine rings is 1. The van der Waals surface area contributed by atoms with Gasteiger partial charge in [0.15, 0.2) is 17.5 Å². The lowest BCUT2D eigenvalue weighted by molar-refractivity contribution is 0.0963. The second-order valence-corrected chi connectivity index (χ2v) is 7.67. The molecule has 0 unspecified atom stereocenters. The molecule has 9 nitrogen and oxygen atoms in total. The molecule has 1 aromatic carbocycles. The number of likely N-dealkylation sites (N-methyl/N-ethyl adjacent to an activating group) is 1. The van der Waals surface area contributed by atoms with Gasteiger partial charge in [0.05, 0.1) is 20.3 Å². The molecule has 1 amide bonds. The number of likely N-dealkylation sites (tertiary alicyclic amines) is 1. The number of hydrogen-bond acceptors (Lipinski definition) is 6. The van der Waals surface area contributed by atoms with E-state index in [1.807, 2.05) is 25.1 Å². The van der Waals surface area contributed by atoms with E-state index in [2.05, 4.69) is 29.1 Å². The van der Waals surface area contributed by atoms with Gasteiger partial charge < -0.3 is 35.1 Å². The van der Waals surface area contributed by atoms with Crippen molar-refractivity contribution in [3.63, 3.8) is 0 Å². The summed E-state index contributed by atoms with van der Waals surface area (Å²) < 4.78 is 16.5. The summed E-state index contributed by atoms with van der Waals surface area (Å²) in [7, 11) is 1.64. The summed E-state index contributed by atoms with van der Waals surface area (Å²) in [5.74, 6) is 1.82. The molecule has 0 atom stereocenters. The van der Waals surface area contributed by atoms with Crippen molar-refractivity contribution in [3.05, 3.63) is 23.8 Å². The molecular formula is C23H40IN5O4. The maximum Gasteiger partial charge on any atom is 0.409 e. The molecule has 3 N–H and O–H groups in total. The highest BCUT2D eigenvalue weighted by atomic mass is 127. The molecule has 2 rings (SSSR count). The summed E-state index contributed by atoms with van der Waals surface area (Å²) in [6.07, 6.45) is 1.37. The molecule has 188 valence electrons. The van der Waals surface area contributed by atoms with Crippen LogP contribution in [0, 0.1) is 0 Å². The third-order valence-corrected chi connectivity index (χ3v) is 5.59. The van der Waals surface area contributed by atoms with Gasteiger partial charge in [-0.1, -0.05) is 19.9 Å². The molecule has 1 aromatic rings. The van der Waals surface area contributed by atoms with Crippen LogP contribution < -0.4 is 20.5 Å². The monoisotopic (exact) mass is 577 g/mol. The van der Waals surface area contributed by atoms with Gasteiger partial charge in [-0.3, -0.25) is 0 Å². The Bertz CT molecular complexity index is 738. The molecule has 1 fully saturated rings. The summed E-state index contributed by atoms with van der Waals surface area (Å²) in [6, 6.07) is 6.02. The highest BCUT2D eigenvalue weighted by molar-refractivity contribution is 14.0. The van der Waals surface area contributed by atoms with Crippen molar-refractivity contribution in [3.8, 4) is 11.5 Å². The predicted octanol–water partition coefficient (Wildman–Crippen LogP) is 3.06. The van der Waals surface area contributed by atoms with Crippen molar-refractivity contribution in [2.24, 2.45) is 10.7 Å². The molecule has 1 aliphatic heterocycles. The van der Waals surface area contributed by atoms with Crippen LogP contribution in [0.4, 0.5) is 4.79 Å². The molecule has 1 aliphatic rings. The Morgan fingerprint density at radius 2 is 1.91 bits per heavy atom. The van der Waals surface area contributed by atoms with E-state index >= 15 is 0 Å². The van der Waals surface area contributed by atoms with E-state index in [0.29, 0.717) is 44.6 Å². The van der Waals surface area contributed by atoms with E-state index in [9.17, 15) is 4.79 Å². The van der Waals surface area contributed by atoms with Gasteiger partial charge >= 0.3 is 6.09 Å². The molecule has 0 radical (unpaired) electrons. The number of hydrogen-bond donors (Lipinski definition) is 2. The highest BCUT2D eigenvalue weighted by Gasteiger charge is 2.23. The van der Waals surface area contributed by atoms with Crippen molar-refractivity contribution in [1.82, 2.24) is 15.1 Å². The zero-order valence-electron chi connectivity index (χ0n) is 20.3. The lowest BCUT2D eigenvalue weighted by Gasteiger charge is -2.31. The number of nitrogens with two attached hydrogens (primary N) is 1. The number of aliphatic imine (C=N–C) groups is 1. The number of nitrogens with zero attached hydrogens (tertiary/aromatic N) is 3. The van der Waals surface area contributed by atoms with E-state index in [4.69, 9.17) is 19.9 Å². The van der Waals surface area contributed by atoms with Crippen LogP contribution in [0.3, 0.4) is 0 Å². The molecule has 0 aromatic heterocycles. The Morgan fingerprint density at radius 3 is 2.52 bits per heavy atom. The number of carbonyl (C=O) groups excluding carboxylic acids is 1. The third kappa shape index (κ3) is 9.83. The van der Waals surface area contributed by atoms with Crippen molar-refractivity contribution in [2.75, 3.05) is 53.0 Å². The van der Waals surface area contributed by atoms with Crippen molar-refractivity contribution in [2.45, 2.75) is 46.2 Å².